The number of carbonyl (C=O) groups is 1. The highest BCUT2D eigenvalue weighted by Gasteiger charge is 2.10. The van der Waals surface area contributed by atoms with Crippen LogP contribution in [0.1, 0.15) is 61.8 Å². The largest absolute Gasteiger partial charge is 0.352 e. The Morgan fingerprint density at radius 1 is 1.08 bits per heavy atom. The Bertz CT molecular complexity index is 103. The van der Waals surface area contributed by atoms with Crippen molar-refractivity contribution < 1.29 is 4.79 Å². The molecule has 0 aromatic heterocycles. The first-order valence-electron chi connectivity index (χ1n) is 5.26. The maximum Gasteiger partial charge on any atom is 0.220 e. The van der Waals surface area contributed by atoms with E-state index in [0.29, 0.717) is 6.42 Å². The molecule has 0 aromatic carbocycles. The Morgan fingerprint density at radius 3 is 1.46 bits per heavy atom. The molecule has 0 atom stereocenters. The average Bonchev–Trinajstić information content (AvgIpc) is 2.09. The molecule has 0 rings (SSSR count). The van der Waals surface area contributed by atoms with Gasteiger partial charge in [0.2, 0.25) is 5.91 Å². The molecule has 13 heavy (non-hydrogen) atoms. The van der Waals surface area contributed by atoms with Crippen LogP contribution in [0.3, 0.4) is 0 Å². The zero-order valence-corrected chi connectivity index (χ0v) is 10.6. The van der Waals surface area contributed by atoms with Crippen molar-refractivity contribution >= 4 is 5.91 Å². The van der Waals surface area contributed by atoms with Crippen molar-refractivity contribution in [2.45, 2.75) is 67.3 Å². The van der Waals surface area contributed by atoms with E-state index in [1.54, 1.807) is 0 Å². The summed E-state index contributed by atoms with van der Waals surface area (Å²) in [7, 11) is 0. The van der Waals surface area contributed by atoms with E-state index in [2.05, 4.69) is 5.32 Å². The van der Waals surface area contributed by atoms with Gasteiger partial charge in [0, 0.05) is 12.0 Å². The third kappa shape index (κ3) is 24.6. The molecule has 0 unspecified atom stereocenters. The van der Waals surface area contributed by atoms with Crippen molar-refractivity contribution in [3.63, 3.8) is 0 Å². The summed E-state index contributed by atoms with van der Waals surface area (Å²) in [5.41, 5.74) is -0.0763. The van der Waals surface area contributed by atoms with E-state index in [1.165, 1.54) is 0 Å². The molecule has 0 saturated carbocycles. The maximum absolute atomic E-state index is 10.7. The highest BCUT2D eigenvalue weighted by molar-refractivity contribution is 5.76. The fourth-order valence-corrected chi connectivity index (χ4v) is 0.507. The predicted octanol–water partition coefficient (Wildman–Crippen LogP) is 3.36. The van der Waals surface area contributed by atoms with Crippen molar-refractivity contribution in [1.29, 1.82) is 0 Å². The molecule has 0 radical (unpaired) electrons. The van der Waals surface area contributed by atoms with E-state index in [4.69, 9.17) is 0 Å². The minimum absolute atomic E-state index is 0.0763. The number of amides is 1. The molecule has 0 aliphatic heterocycles. The summed E-state index contributed by atoms with van der Waals surface area (Å²) in [5.74, 6) is 0.113. The lowest BCUT2D eigenvalue weighted by Crippen LogP contribution is -2.40. The molecule has 0 fully saturated rings. The number of hydrogen-bond donors (Lipinski definition) is 1. The van der Waals surface area contributed by atoms with Crippen LogP contribution in [0.15, 0.2) is 0 Å². The van der Waals surface area contributed by atoms with Crippen LogP contribution < -0.4 is 5.32 Å². The number of carbonyl (C=O) groups excluding carboxylic acids is 1. The normalized spacial score (nSPS) is 8.62. The highest BCUT2D eigenvalue weighted by Crippen LogP contribution is 1.98. The molecule has 0 aliphatic rings. The van der Waals surface area contributed by atoms with Gasteiger partial charge in [0.05, 0.1) is 0 Å². The van der Waals surface area contributed by atoms with Crippen LogP contribution in [0.4, 0.5) is 0 Å². The van der Waals surface area contributed by atoms with E-state index in [1.807, 2.05) is 55.4 Å². The van der Waals surface area contributed by atoms with Crippen LogP contribution in [-0.2, 0) is 4.79 Å². The van der Waals surface area contributed by atoms with Gasteiger partial charge in [-0.25, -0.2) is 0 Å². The Balaban J connectivity index is -0.000000218. The second-order valence-electron chi connectivity index (χ2n) is 3.15. The van der Waals surface area contributed by atoms with E-state index >= 15 is 0 Å². The Labute approximate surface area is 84.1 Å². The molecule has 0 spiro atoms. The van der Waals surface area contributed by atoms with Gasteiger partial charge in [-0.05, 0) is 20.8 Å². The number of nitrogens with one attached hydrogen (secondary N) is 1. The molecule has 1 amide bonds. The molecule has 0 saturated heterocycles. The van der Waals surface area contributed by atoms with Gasteiger partial charge in [-0.3, -0.25) is 4.79 Å². The van der Waals surface area contributed by atoms with Gasteiger partial charge < -0.3 is 5.32 Å². The quantitative estimate of drug-likeness (QED) is 0.673. The van der Waals surface area contributed by atoms with Gasteiger partial charge in [-0.1, -0.05) is 34.6 Å². The lowest BCUT2D eigenvalue weighted by atomic mass is 10.1. The van der Waals surface area contributed by atoms with Crippen LogP contribution in [-0.4, -0.2) is 11.4 Å². The summed E-state index contributed by atoms with van der Waals surface area (Å²) in [5, 5.41) is 2.83. The minimum atomic E-state index is -0.0763. The first-order chi connectivity index (χ1) is 5.95. The van der Waals surface area contributed by atoms with Crippen LogP contribution in [0.5, 0.6) is 0 Å². The smallest absolute Gasteiger partial charge is 0.220 e. The summed E-state index contributed by atoms with van der Waals surface area (Å²) in [6.45, 7) is 15.8. The lowest BCUT2D eigenvalue weighted by Gasteiger charge is -2.19. The molecule has 82 valence electrons. The van der Waals surface area contributed by atoms with E-state index in [-0.39, 0.29) is 11.4 Å². The van der Waals surface area contributed by atoms with Crippen LogP contribution >= 0.6 is 0 Å². The van der Waals surface area contributed by atoms with Crippen LogP contribution in [0, 0.1) is 0 Å². The third-order valence-electron chi connectivity index (χ3n) is 0.836. The van der Waals surface area contributed by atoms with Crippen LogP contribution in [0.25, 0.3) is 0 Å². The monoisotopic (exact) mass is 189 g/mol. The van der Waals surface area contributed by atoms with Crippen molar-refractivity contribution in [2.24, 2.45) is 0 Å². The average molecular weight is 189 g/mol. The molecule has 0 aliphatic carbocycles. The molecular formula is C11H27NO. The standard InChI is InChI=1S/C7H15NO.2C2H6/c1-5-6(9)8-7(2,3)4;2*1-2/h5H2,1-4H3,(H,8,9);2*1-2H3. The summed E-state index contributed by atoms with van der Waals surface area (Å²) in [6, 6.07) is 0. The molecular weight excluding hydrogens is 162 g/mol. The predicted molar refractivity (Wildman–Crippen MR) is 60.9 cm³/mol. The van der Waals surface area contributed by atoms with Crippen LogP contribution in [0.2, 0.25) is 0 Å². The van der Waals surface area contributed by atoms with Gasteiger partial charge in [-0.2, -0.15) is 0 Å². The summed E-state index contributed by atoms with van der Waals surface area (Å²) in [4.78, 5) is 10.7. The van der Waals surface area contributed by atoms with E-state index in [9.17, 15) is 4.79 Å². The SMILES string of the molecule is CC.CC.CCC(=O)NC(C)(C)C. The van der Waals surface area contributed by atoms with Crippen molar-refractivity contribution in [1.82, 2.24) is 5.32 Å². The molecule has 1 N–H and O–H groups in total. The molecule has 2 nitrogen and oxygen atoms in total. The van der Waals surface area contributed by atoms with Gasteiger partial charge in [0.15, 0.2) is 0 Å². The topological polar surface area (TPSA) is 29.1 Å². The van der Waals surface area contributed by atoms with Crippen molar-refractivity contribution in [3.8, 4) is 0 Å². The summed E-state index contributed by atoms with van der Waals surface area (Å²) < 4.78 is 0. The van der Waals surface area contributed by atoms with E-state index < -0.39 is 0 Å². The van der Waals surface area contributed by atoms with Gasteiger partial charge >= 0.3 is 0 Å². The van der Waals surface area contributed by atoms with Crippen molar-refractivity contribution in [2.75, 3.05) is 0 Å². The first-order valence-corrected chi connectivity index (χ1v) is 5.26. The number of hydrogen-bond acceptors (Lipinski definition) is 1. The maximum atomic E-state index is 10.7. The third-order valence-corrected chi connectivity index (χ3v) is 0.836. The lowest BCUT2D eigenvalue weighted by molar-refractivity contribution is -0.122. The van der Waals surface area contributed by atoms with Crippen molar-refractivity contribution in [3.05, 3.63) is 0 Å². The molecule has 0 aromatic rings. The Kier molecular flexibility index (Phi) is 16.1. The van der Waals surface area contributed by atoms with E-state index in [0.717, 1.165) is 0 Å². The molecule has 0 heterocycles. The zero-order chi connectivity index (χ0) is 11.5. The Morgan fingerprint density at radius 2 is 1.38 bits per heavy atom. The summed E-state index contributed by atoms with van der Waals surface area (Å²) >= 11 is 0. The second-order valence-corrected chi connectivity index (χ2v) is 3.15. The summed E-state index contributed by atoms with van der Waals surface area (Å²) in [6.07, 6.45) is 0.567. The number of rotatable bonds is 1. The first kappa shape index (κ1) is 18.3. The zero-order valence-electron chi connectivity index (χ0n) is 10.6. The highest BCUT2D eigenvalue weighted by atomic mass is 16.1. The molecule has 2 heteroatoms. The van der Waals surface area contributed by atoms with Gasteiger partial charge in [0.25, 0.3) is 0 Å². The van der Waals surface area contributed by atoms with Gasteiger partial charge in [0.1, 0.15) is 0 Å². The fourth-order valence-electron chi connectivity index (χ4n) is 0.507. The Hall–Kier alpha value is -0.530. The minimum Gasteiger partial charge on any atom is -0.352 e. The molecule has 0 bridgehead atoms. The fraction of sp³-hybridized carbons (Fsp3) is 0.909. The van der Waals surface area contributed by atoms with Gasteiger partial charge in [-0.15, -0.1) is 0 Å². The second kappa shape index (κ2) is 11.5.